The third kappa shape index (κ3) is 2.98. The smallest absolute Gasteiger partial charge is 0.137 e. The summed E-state index contributed by atoms with van der Waals surface area (Å²) in [6.45, 7) is 0. The van der Waals surface area contributed by atoms with E-state index in [4.69, 9.17) is 10.7 Å². The fourth-order valence-corrected chi connectivity index (χ4v) is 4.52. The predicted octanol–water partition coefficient (Wildman–Crippen LogP) is 2.92. The first kappa shape index (κ1) is 17.4. The van der Waals surface area contributed by atoms with Gasteiger partial charge in [-0.1, -0.05) is 6.08 Å². The highest BCUT2D eigenvalue weighted by Crippen LogP contribution is 2.30. The summed E-state index contributed by atoms with van der Waals surface area (Å²) < 4.78 is 15.8. The van der Waals surface area contributed by atoms with E-state index >= 15 is 0 Å². The minimum atomic E-state index is -0.184. The van der Waals surface area contributed by atoms with Gasteiger partial charge in [0.25, 0.3) is 0 Å². The van der Waals surface area contributed by atoms with Crippen molar-refractivity contribution >= 4 is 23.2 Å². The number of hydrogen-bond acceptors (Lipinski definition) is 3. The number of H-pyrrole nitrogens is 1. The first-order valence-electron chi connectivity index (χ1n) is 9.99. The van der Waals surface area contributed by atoms with E-state index in [1.807, 2.05) is 24.8 Å². The molecule has 3 heterocycles. The van der Waals surface area contributed by atoms with E-state index in [0.717, 1.165) is 59.8 Å². The van der Waals surface area contributed by atoms with Gasteiger partial charge in [0.1, 0.15) is 11.6 Å². The topological polar surface area (TPSA) is 72.0 Å². The maximum absolute atomic E-state index is 13.5. The number of nitrogens with zero attached hydrogens (tertiary/aromatic N) is 3. The van der Waals surface area contributed by atoms with Crippen molar-refractivity contribution < 1.29 is 4.39 Å². The molecule has 6 heteroatoms. The lowest BCUT2D eigenvalue weighted by molar-refractivity contribution is 0.319. The fraction of sp³-hybridized carbons (Fsp3) is 0.364. The summed E-state index contributed by atoms with van der Waals surface area (Å²) in [5, 5.41) is 2.09. The number of imidazole rings is 1. The third-order valence-corrected chi connectivity index (χ3v) is 6.05. The van der Waals surface area contributed by atoms with Crippen LogP contribution in [0.15, 0.2) is 47.6 Å². The Morgan fingerprint density at radius 2 is 2.00 bits per heavy atom. The van der Waals surface area contributed by atoms with Crippen LogP contribution >= 0.6 is 0 Å². The van der Waals surface area contributed by atoms with Crippen LogP contribution < -0.4 is 16.4 Å². The first-order chi connectivity index (χ1) is 13.7. The van der Waals surface area contributed by atoms with E-state index in [1.54, 1.807) is 6.08 Å². The summed E-state index contributed by atoms with van der Waals surface area (Å²) in [6.07, 6.45) is 16.4. The van der Waals surface area contributed by atoms with Gasteiger partial charge in [-0.25, -0.2) is 14.4 Å². The Labute approximate surface area is 162 Å². The van der Waals surface area contributed by atoms with Crippen molar-refractivity contribution in [2.75, 3.05) is 0 Å². The average molecular weight is 377 g/mol. The van der Waals surface area contributed by atoms with E-state index in [1.165, 1.54) is 11.6 Å². The second-order valence-corrected chi connectivity index (χ2v) is 7.80. The molecule has 0 aromatic carbocycles. The summed E-state index contributed by atoms with van der Waals surface area (Å²) >= 11 is 0. The van der Waals surface area contributed by atoms with Crippen molar-refractivity contribution in [2.45, 2.75) is 50.6 Å². The summed E-state index contributed by atoms with van der Waals surface area (Å²) in [5.41, 5.74) is 9.54. The molecule has 3 N–H and O–H groups in total. The minimum absolute atomic E-state index is 0.184. The average Bonchev–Trinajstić information content (AvgIpc) is 3.36. The molecule has 1 saturated carbocycles. The monoisotopic (exact) mass is 377 g/mol. The summed E-state index contributed by atoms with van der Waals surface area (Å²) in [5.74, 6) is 0.706. The SMILES string of the molecule is NC1CCC(n2cnc(=C3C=CC(F)=CC3)c2=C2CC=Nc3[nH]ccc32)CC1. The van der Waals surface area contributed by atoms with Crippen molar-refractivity contribution in [1.29, 1.82) is 0 Å². The van der Waals surface area contributed by atoms with Gasteiger partial charge >= 0.3 is 0 Å². The zero-order valence-electron chi connectivity index (χ0n) is 15.7. The molecule has 2 aromatic heterocycles. The Hall–Kier alpha value is -2.73. The van der Waals surface area contributed by atoms with E-state index < -0.39 is 0 Å². The molecule has 0 bridgehead atoms. The van der Waals surface area contributed by atoms with E-state index in [0.29, 0.717) is 18.5 Å². The summed E-state index contributed by atoms with van der Waals surface area (Å²) in [7, 11) is 0. The maximum Gasteiger partial charge on any atom is 0.137 e. The van der Waals surface area contributed by atoms with Gasteiger partial charge in [-0.3, -0.25) is 0 Å². The molecule has 3 aliphatic rings. The van der Waals surface area contributed by atoms with Gasteiger partial charge in [-0.2, -0.15) is 0 Å². The number of nitrogens with one attached hydrogen (secondary N) is 1. The molecular formula is C22H24FN5. The van der Waals surface area contributed by atoms with Crippen molar-refractivity contribution in [3.63, 3.8) is 0 Å². The van der Waals surface area contributed by atoms with Crippen LogP contribution in [0.1, 0.15) is 50.1 Å². The van der Waals surface area contributed by atoms with Gasteiger partial charge in [0.15, 0.2) is 0 Å². The predicted molar refractivity (Wildman–Crippen MR) is 109 cm³/mol. The summed E-state index contributed by atoms with van der Waals surface area (Å²) in [6, 6.07) is 2.78. The molecule has 0 radical (unpaired) electrons. The van der Waals surface area contributed by atoms with Crippen LogP contribution in [0.5, 0.6) is 0 Å². The second kappa shape index (κ2) is 7.02. The van der Waals surface area contributed by atoms with Crippen LogP contribution in [0.4, 0.5) is 10.2 Å². The van der Waals surface area contributed by atoms with Gasteiger partial charge in [-0.15, -0.1) is 0 Å². The van der Waals surface area contributed by atoms with Crippen LogP contribution in [0, 0.1) is 0 Å². The molecule has 1 aliphatic heterocycles. The highest BCUT2D eigenvalue weighted by Gasteiger charge is 2.23. The van der Waals surface area contributed by atoms with Crippen molar-refractivity contribution in [3.8, 4) is 0 Å². The molecular weight excluding hydrogens is 353 g/mol. The molecule has 28 heavy (non-hydrogen) atoms. The largest absolute Gasteiger partial charge is 0.346 e. The lowest BCUT2D eigenvalue weighted by Crippen LogP contribution is -2.38. The number of rotatable bonds is 1. The Kier molecular flexibility index (Phi) is 4.36. The van der Waals surface area contributed by atoms with Crippen LogP contribution in [0.2, 0.25) is 0 Å². The minimum Gasteiger partial charge on any atom is -0.346 e. The number of aromatic nitrogens is 3. The lowest BCUT2D eigenvalue weighted by Gasteiger charge is -2.27. The molecule has 0 unspecified atom stereocenters. The Bertz CT molecular complexity index is 1110. The van der Waals surface area contributed by atoms with Crippen LogP contribution in [0.3, 0.4) is 0 Å². The molecule has 5 rings (SSSR count). The molecule has 144 valence electrons. The van der Waals surface area contributed by atoms with Crippen LogP contribution in [-0.4, -0.2) is 26.8 Å². The number of halogens is 1. The molecule has 0 spiro atoms. The molecule has 0 atom stereocenters. The van der Waals surface area contributed by atoms with E-state index in [-0.39, 0.29) is 5.83 Å². The normalized spacial score (nSPS) is 28.3. The van der Waals surface area contributed by atoms with Gasteiger partial charge < -0.3 is 15.3 Å². The highest BCUT2D eigenvalue weighted by atomic mass is 19.1. The van der Waals surface area contributed by atoms with Crippen molar-refractivity contribution in [2.24, 2.45) is 10.7 Å². The zero-order chi connectivity index (χ0) is 19.1. The highest BCUT2D eigenvalue weighted by molar-refractivity contribution is 5.88. The fourth-order valence-electron chi connectivity index (χ4n) is 4.52. The number of fused-ring (bicyclic) bond motifs is 1. The number of aromatic amines is 1. The number of aliphatic imine (C=N–C) groups is 1. The molecule has 2 aliphatic carbocycles. The van der Waals surface area contributed by atoms with Gasteiger partial charge in [-0.05, 0) is 61.5 Å². The van der Waals surface area contributed by atoms with E-state index in [9.17, 15) is 4.39 Å². The van der Waals surface area contributed by atoms with Crippen LogP contribution in [0.25, 0.3) is 11.1 Å². The standard InChI is InChI=1S/C22H24FN5/c23-15-3-1-14(2-4-15)20-21(18-9-11-25-22-19(18)10-12-26-22)28(13-27-20)17-7-5-16(24)6-8-17/h1,3-4,10-13,16-17,26H,2,5-9,24H2. The third-order valence-electron chi connectivity index (χ3n) is 6.05. The second-order valence-electron chi connectivity index (χ2n) is 7.80. The summed E-state index contributed by atoms with van der Waals surface area (Å²) in [4.78, 5) is 12.5. The molecule has 2 aromatic rings. The molecule has 0 amide bonds. The number of allylic oxidation sites excluding steroid dienone is 4. The van der Waals surface area contributed by atoms with Gasteiger partial charge in [0.05, 0.1) is 17.0 Å². The number of nitrogens with two attached hydrogens (primary N) is 1. The van der Waals surface area contributed by atoms with Crippen LogP contribution in [-0.2, 0) is 0 Å². The zero-order valence-corrected chi connectivity index (χ0v) is 15.7. The van der Waals surface area contributed by atoms with Gasteiger partial charge in [0, 0.05) is 36.5 Å². The maximum atomic E-state index is 13.5. The quantitative estimate of drug-likeness (QED) is 0.802. The Morgan fingerprint density at radius 3 is 2.79 bits per heavy atom. The lowest BCUT2D eigenvalue weighted by atomic mass is 9.91. The Morgan fingerprint density at radius 1 is 1.14 bits per heavy atom. The molecule has 5 nitrogen and oxygen atoms in total. The van der Waals surface area contributed by atoms with E-state index in [2.05, 4.69) is 20.6 Å². The molecule has 1 fully saturated rings. The Balaban J connectivity index is 1.76. The van der Waals surface area contributed by atoms with Gasteiger partial charge in [0.2, 0.25) is 0 Å². The first-order valence-corrected chi connectivity index (χ1v) is 9.99. The van der Waals surface area contributed by atoms with Crippen molar-refractivity contribution in [3.05, 3.63) is 58.9 Å². The van der Waals surface area contributed by atoms with Crippen molar-refractivity contribution in [1.82, 2.24) is 14.5 Å². The molecule has 0 saturated heterocycles. The number of hydrogen-bond donors (Lipinski definition) is 2.